The van der Waals surface area contributed by atoms with Gasteiger partial charge in [0.15, 0.2) is 0 Å². The molecule has 18 heavy (non-hydrogen) atoms. The predicted octanol–water partition coefficient (Wildman–Crippen LogP) is 0.846. The van der Waals surface area contributed by atoms with Crippen LogP contribution in [0.4, 0.5) is 0 Å². The molecule has 102 valence electrons. The Morgan fingerprint density at radius 2 is 1.67 bits per heavy atom. The maximum absolute atomic E-state index is 12.5. The van der Waals surface area contributed by atoms with E-state index < -0.39 is 0 Å². The zero-order valence-electron chi connectivity index (χ0n) is 11.5. The number of hydrogen-bond donors (Lipinski definition) is 1. The summed E-state index contributed by atoms with van der Waals surface area (Å²) >= 11 is 0. The Labute approximate surface area is 111 Å². The van der Waals surface area contributed by atoms with Gasteiger partial charge in [-0.3, -0.25) is 4.79 Å². The second-order valence-electron chi connectivity index (χ2n) is 6.47. The van der Waals surface area contributed by atoms with Gasteiger partial charge in [-0.1, -0.05) is 0 Å². The van der Waals surface area contributed by atoms with Gasteiger partial charge in [-0.25, -0.2) is 0 Å². The summed E-state index contributed by atoms with van der Waals surface area (Å²) < 4.78 is 0. The van der Waals surface area contributed by atoms with Crippen LogP contribution in [0.5, 0.6) is 0 Å². The highest BCUT2D eigenvalue weighted by atomic mass is 16.2. The second-order valence-corrected chi connectivity index (χ2v) is 6.47. The van der Waals surface area contributed by atoms with Crippen LogP contribution in [-0.2, 0) is 4.79 Å². The molecule has 2 aliphatic heterocycles. The maximum Gasteiger partial charge on any atom is 0.231 e. The summed E-state index contributed by atoms with van der Waals surface area (Å²) in [7, 11) is 0. The third-order valence-electron chi connectivity index (χ3n) is 5.26. The van der Waals surface area contributed by atoms with Crippen molar-refractivity contribution in [3.05, 3.63) is 0 Å². The van der Waals surface area contributed by atoms with Gasteiger partial charge in [0.05, 0.1) is 25.0 Å². The molecule has 2 unspecified atom stereocenters. The van der Waals surface area contributed by atoms with Gasteiger partial charge >= 0.3 is 0 Å². The molecule has 1 aliphatic carbocycles. The molecule has 0 bridgehead atoms. The first-order chi connectivity index (χ1) is 8.84. The van der Waals surface area contributed by atoms with Gasteiger partial charge in [0.2, 0.25) is 5.91 Å². The molecule has 3 rings (SSSR count). The lowest BCUT2D eigenvalue weighted by atomic mass is 9.95. The average molecular weight is 251 g/mol. The Balaban J connectivity index is 1.57. The van der Waals surface area contributed by atoms with Gasteiger partial charge in [-0.15, -0.1) is 0 Å². The molecule has 2 saturated heterocycles. The molecule has 1 saturated carbocycles. The van der Waals surface area contributed by atoms with Crippen LogP contribution in [0.3, 0.4) is 0 Å². The van der Waals surface area contributed by atoms with E-state index >= 15 is 0 Å². The fourth-order valence-electron chi connectivity index (χ4n) is 4.21. The van der Waals surface area contributed by atoms with Crippen molar-refractivity contribution in [1.82, 2.24) is 4.90 Å². The molecule has 3 heteroatoms. The number of quaternary nitrogens is 1. The van der Waals surface area contributed by atoms with Crippen molar-refractivity contribution in [2.24, 2.45) is 5.92 Å². The van der Waals surface area contributed by atoms with Crippen LogP contribution in [0.15, 0.2) is 0 Å². The van der Waals surface area contributed by atoms with Crippen molar-refractivity contribution in [3.8, 4) is 0 Å². The molecule has 2 atom stereocenters. The summed E-state index contributed by atoms with van der Waals surface area (Å²) in [5.41, 5.74) is 0. The summed E-state index contributed by atoms with van der Waals surface area (Å²) in [5, 5.41) is 0. The molecule has 3 nitrogen and oxygen atoms in total. The number of amides is 1. The Hall–Kier alpha value is -0.570. The summed E-state index contributed by atoms with van der Waals surface area (Å²) in [5.74, 6) is 0.815. The van der Waals surface area contributed by atoms with E-state index in [1.807, 2.05) is 0 Å². The van der Waals surface area contributed by atoms with Gasteiger partial charge in [-0.2, -0.15) is 0 Å². The fraction of sp³-hybridized carbons (Fsp3) is 0.933. The van der Waals surface area contributed by atoms with Crippen LogP contribution < -0.4 is 4.90 Å². The minimum atomic E-state index is 0.340. The van der Waals surface area contributed by atoms with Gasteiger partial charge in [0.25, 0.3) is 0 Å². The van der Waals surface area contributed by atoms with Gasteiger partial charge in [0.1, 0.15) is 0 Å². The lowest BCUT2D eigenvalue weighted by molar-refractivity contribution is -0.931. The van der Waals surface area contributed by atoms with Crippen LogP contribution in [-0.4, -0.2) is 43.0 Å². The lowest BCUT2D eigenvalue weighted by Crippen LogP contribution is -3.17. The van der Waals surface area contributed by atoms with Crippen molar-refractivity contribution in [3.63, 3.8) is 0 Å². The van der Waals surface area contributed by atoms with E-state index in [4.69, 9.17) is 0 Å². The summed E-state index contributed by atoms with van der Waals surface area (Å²) in [6.45, 7) is 4.48. The molecule has 0 spiro atoms. The molecule has 0 aromatic rings. The molecule has 2 heterocycles. The standard InChI is InChI=1S/C15H26N2O/c18-15(16-9-3-4-10-16)13-6-5-11-17(12-13)14-7-1-2-8-14/h13-14H,1-12H2/p+1. The third kappa shape index (κ3) is 2.56. The second kappa shape index (κ2) is 5.60. The van der Waals surface area contributed by atoms with Crippen LogP contribution in [0.25, 0.3) is 0 Å². The largest absolute Gasteiger partial charge is 0.342 e. The minimum absolute atomic E-state index is 0.340. The predicted molar refractivity (Wildman–Crippen MR) is 71.5 cm³/mol. The highest BCUT2D eigenvalue weighted by Gasteiger charge is 2.36. The van der Waals surface area contributed by atoms with Crippen LogP contribution >= 0.6 is 0 Å². The van der Waals surface area contributed by atoms with Crippen molar-refractivity contribution < 1.29 is 9.69 Å². The number of carbonyl (C=O) groups excluding carboxylic acids is 1. The van der Waals surface area contributed by atoms with E-state index in [0.717, 1.165) is 32.1 Å². The monoisotopic (exact) mass is 251 g/mol. The van der Waals surface area contributed by atoms with Crippen molar-refractivity contribution in [2.45, 2.75) is 57.4 Å². The Kier molecular flexibility index (Phi) is 3.88. The quantitative estimate of drug-likeness (QED) is 0.773. The van der Waals surface area contributed by atoms with Crippen molar-refractivity contribution in [2.75, 3.05) is 26.2 Å². The maximum atomic E-state index is 12.5. The molecule has 3 fully saturated rings. The lowest BCUT2D eigenvalue weighted by Gasteiger charge is -2.34. The number of piperidine rings is 1. The molecular weight excluding hydrogens is 224 g/mol. The summed E-state index contributed by atoms with van der Waals surface area (Å²) in [6, 6.07) is 0.874. The van der Waals surface area contributed by atoms with Crippen LogP contribution in [0.1, 0.15) is 51.4 Å². The highest BCUT2D eigenvalue weighted by molar-refractivity contribution is 5.79. The van der Waals surface area contributed by atoms with E-state index in [-0.39, 0.29) is 0 Å². The highest BCUT2D eigenvalue weighted by Crippen LogP contribution is 2.19. The first-order valence-electron chi connectivity index (χ1n) is 7.98. The fourth-order valence-corrected chi connectivity index (χ4v) is 4.21. The number of rotatable bonds is 2. The molecule has 1 N–H and O–H groups in total. The molecule has 0 aromatic carbocycles. The number of likely N-dealkylation sites (tertiary alicyclic amines) is 2. The van der Waals surface area contributed by atoms with E-state index in [1.54, 1.807) is 4.90 Å². The van der Waals surface area contributed by atoms with Crippen LogP contribution in [0, 0.1) is 5.92 Å². The Bertz CT molecular complexity index is 293. The SMILES string of the molecule is O=C(C1CCC[NH+](C2CCCC2)C1)N1CCCC1. The van der Waals surface area contributed by atoms with E-state index in [1.165, 1.54) is 51.5 Å². The van der Waals surface area contributed by atoms with Crippen LogP contribution in [0.2, 0.25) is 0 Å². The molecule has 0 radical (unpaired) electrons. The normalized spacial score (nSPS) is 34.1. The third-order valence-corrected chi connectivity index (χ3v) is 5.26. The molecule has 1 amide bonds. The zero-order chi connectivity index (χ0) is 12.4. The summed E-state index contributed by atoms with van der Waals surface area (Å²) in [4.78, 5) is 16.3. The van der Waals surface area contributed by atoms with E-state index in [2.05, 4.69) is 4.90 Å². The van der Waals surface area contributed by atoms with E-state index in [0.29, 0.717) is 11.8 Å². The van der Waals surface area contributed by atoms with Gasteiger partial charge in [0, 0.05) is 13.1 Å². The molecule has 3 aliphatic rings. The Morgan fingerprint density at radius 1 is 0.944 bits per heavy atom. The van der Waals surface area contributed by atoms with Crippen molar-refractivity contribution in [1.29, 1.82) is 0 Å². The first-order valence-corrected chi connectivity index (χ1v) is 7.98. The number of nitrogens with one attached hydrogen (secondary N) is 1. The van der Waals surface area contributed by atoms with Gasteiger partial charge < -0.3 is 9.80 Å². The number of nitrogens with zero attached hydrogens (tertiary/aromatic N) is 1. The Morgan fingerprint density at radius 3 is 2.39 bits per heavy atom. The average Bonchev–Trinajstić information content (AvgIpc) is 3.11. The smallest absolute Gasteiger partial charge is 0.231 e. The molecule has 0 aromatic heterocycles. The molecular formula is C15H27N2O+. The topological polar surface area (TPSA) is 24.8 Å². The number of carbonyl (C=O) groups is 1. The first kappa shape index (κ1) is 12.5. The number of hydrogen-bond acceptors (Lipinski definition) is 1. The van der Waals surface area contributed by atoms with Gasteiger partial charge in [-0.05, 0) is 51.4 Å². The summed E-state index contributed by atoms with van der Waals surface area (Å²) in [6.07, 6.45) is 10.5. The van der Waals surface area contributed by atoms with Crippen molar-refractivity contribution >= 4 is 5.91 Å². The zero-order valence-corrected chi connectivity index (χ0v) is 11.5. The minimum Gasteiger partial charge on any atom is -0.342 e. The van der Waals surface area contributed by atoms with E-state index in [9.17, 15) is 4.79 Å².